The predicted molar refractivity (Wildman–Crippen MR) is 129 cm³/mol. The number of furan rings is 1. The third-order valence-corrected chi connectivity index (χ3v) is 5.27. The zero-order valence-electron chi connectivity index (χ0n) is 18.9. The second-order valence-electron chi connectivity index (χ2n) is 7.65. The Bertz CT molecular complexity index is 1220. The molecule has 0 saturated heterocycles. The Hall–Kier alpha value is -3.91. The van der Waals surface area contributed by atoms with E-state index in [1.165, 1.54) is 13.3 Å². The van der Waals surface area contributed by atoms with Crippen LogP contribution in [0, 0.1) is 5.92 Å². The quantitative estimate of drug-likeness (QED) is 0.283. The predicted octanol–water partition coefficient (Wildman–Crippen LogP) is 4.29. The SMILES string of the molecule is COC(=O)c1ccccc1-c1ccc(C=NNC(=O)C(NC(=O)c2ccccc2Cl)C(C)C)o1. The highest BCUT2D eigenvalue weighted by molar-refractivity contribution is 6.33. The van der Waals surface area contributed by atoms with Crippen LogP contribution in [0.1, 0.15) is 40.3 Å². The minimum absolute atomic E-state index is 0.202. The molecule has 0 fully saturated rings. The molecule has 34 heavy (non-hydrogen) atoms. The van der Waals surface area contributed by atoms with Crippen molar-refractivity contribution < 1.29 is 23.5 Å². The molecule has 2 N–H and O–H groups in total. The van der Waals surface area contributed by atoms with Gasteiger partial charge in [0.2, 0.25) is 0 Å². The third kappa shape index (κ3) is 5.90. The molecule has 9 heteroatoms. The van der Waals surface area contributed by atoms with Crippen LogP contribution in [0.15, 0.2) is 70.2 Å². The Morgan fingerprint density at radius 3 is 2.35 bits per heavy atom. The molecule has 0 aliphatic heterocycles. The van der Waals surface area contributed by atoms with Gasteiger partial charge in [0.05, 0.1) is 29.5 Å². The molecule has 176 valence electrons. The number of nitrogens with zero attached hydrogens (tertiary/aromatic N) is 1. The number of rotatable bonds is 8. The smallest absolute Gasteiger partial charge is 0.338 e. The van der Waals surface area contributed by atoms with Crippen molar-refractivity contribution in [3.63, 3.8) is 0 Å². The number of carbonyl (C=O) groups excluding carboxylic acids is 3. The number of hydrogen-bond donors (Lipinski definition) is 2. The van der Waals surface area contributed by atoms with E-state index in [0.29, 0.717) is 27.7 Å². The highest BCUT2D eigenvalue weighted by atomic mass is 35.5. The summed E-state index contributed by atoms with van der Waals surface area (Å²) in [6.45, 7) is 3.61. The summed E-state index contributed by atoms with van der Waals surface area (Å²) in [5, 5.41) is 6.92. The fraction of sp³-hybridized carbons (Fsp3) is 0.200. The summed E-state index contributed by atoms with van der Waals surface area (Å²) < 4.78 is 10.5. The first-order valence-corrected chi connectivity index (χ1v) is 10.9. The molecular formula is C25H24ClN3O5. The summed E-state index contributed by atoms with van der Waals surface area (Å²) in [6, 6.07) is 16.0. The first kappa shape index (κ1) is 24.7. The van der Waals surface area contributed by atoms with Crippen LogP contribution in [-0.4, -0.2) is 37.1 Å². The summed E-state index contributed by atoms with van der Waals surface area (Å²) in [5.41, 5.74) is 3.64. The molecule has 2 aromatic carbocycles. The van der Waals surface area contributed by atoms with Crippen molar-refractivity contribution in [3.05, 3.63) is 82.6 Å². The number of hydrogen-bond acceptors (Lipinski definition) is 6. The van der Waals surface area contributed by atoms with Gasteiger partial charge in [0.25, 0.3) is 11.8 Å². The van der Waals surface area contributed by atoms with E-state index in [1.807, 2.05) is 0 Å². The Morgan fingerprint density at radius 1 is 1.00 bits per heavy atom. The molecule has 3 aromatic rings. The number of amides is 2. The van der Waals surface area contributed by atoms with Gasteiger partial charge in [0.15, 0.2) is 0 Å². The van der Waals surface area contributed by atoms with Crippen LogP contribution in [0.3, 0.4) is 0 Å². The van der Waals surface area contributed by atoms with Crippen molar-refractivity contribution in [2.45, 2.75) is 19.9 Å². The molecule has 0 radical (unpaired) electrons. The summed E-state index contributed by atoms with van der Waals surface area (Å²) in [6.07, 6.45) is 1.33. The largest absolute Gasteiger partial charge is 0.465 e. The topological polar surface area (TPSA) is 110 Å². The number of methoxy groups -OCH3 is 1. The minimum Gasteiger partial charge on any atom is -0.465 e. The van der Waals surface area contributed by atoms with Crippen LogP contribution in [0.4, 0.5) is 0 Å². The number of hydrazone groups is 1. The van der Waals surface area contributed by atoms with Crippen molar-refractivity contribution in [3.8, 4) is 11.3 Å². The highest BCUT2D eigenvalue weighted by Gasteiger charge is 2.25. The first-order valence-electron chi connectivity index (χ1n) is 10.5. The van der Waals surface area contributed by atoms with E-state index in [4.69, 9.17) is 20.8 Å². The fourth-order valence-corrected chi connectivity index (χ4v) is 3.40. The highest BCUT2D eigenvalue weighted by Crippen LogP contribution is 2.26. The normalized spacial score (nSPS) is 11.9. The van der Waals surface area contributed by atoms with Crippen molar-refractivity contribution in [2.24, 2.45) is 11.0 Å². The Morgan fingerprint density at radius 2 is 1.68 bits per heavy atom. The standard InChI is InChI=1S/C25H24ClN3O5/c1-15(2)22(28-23(30)19-10-6-7-11-20(19)26)24(31)29-27-14-16-12-13-21(34-16)17-8-4-5-9-18(17)25(32)33-3/h4-15,22H,1-3H3,(H,28,30)(H,29,31). The molecule has 8 nitrogen and oxygen atoms in total. The van der Waals surface area contributed by atoms with Crippen molar-refractivity contribution in [2.75, 3.05) is 7.11 Å². The molecule has 3 rings (SSSR count). The van der Waals surface area contributed by atoms with E-state index < -0.39 is 23.8 Å². The van der Waals surface area contributed by atoms with E-state index in [0.717, 1.165) is 0 Å². The van der Waals surface area contributed by atoms with Crippen LogP contribution in [0.25, 0.3) is 11.3 Å². The summed E-state index contributed by atoms with van der Waals surface area (Å²) in [4.78, 5) is 37.2. The van der Waals surface area contributed by atoms with E-state index in [2.05, 4.69) is 15.8 Å². The zero-order chi connectivity index (χ0) is 24.7. The van der Waals surface area contributed by atoms with Gasteiger partial charge in [-0.2, -0.15) is 5.10 Å². The van der Waals surface area contributed by atoms with E-state index >= 15 is 0 Å². The average molecular weight is 482 g/mol. The van der Waals surface area contributed by atoms with Crippen molar-refractivity contribution >= 4 is 35.6 Å². The number of esters is 1. The van der Waals surface area contributed by atoms with Gasteiger partial charge in [0, 0.05) is 5.56 Å². The molecule has 2 amide bonds. The lowest BCUT2D eigenvalue weighted by atomic mass is 10.0. The maximum atomic E-state index is 12.7. The van der Waals surface area contributed by atoms with Crippen LogP contribution in [0.2, 0.25) is 5.02 Å². The maximum Gasteiger partial charge on any atom is 0.338 e. The average Bonchev–Trinajstić information content (AvgIpc) is 3.30. The molecule has 1 heterocycles. The lowest BCUT2D eigenvalue weighted by Gasteiger charge is -2.20. The van der Waals surface area contributed by atoms with Gasteiger partial charge in [-0.15, -0.1) is 0 Å². The monoisotopic (exact) mass is 481 g/mol. The number of benzene rings is 2. The molecule has 0 aliphatic carbocycles. The molecule has 0 saturated carbocycles. The van der Waals surface area contributed by atoms with Crippen LogP contribution in [-0.2, 0) is 9.53 Å². The van der Waals surface area contributed by atoms with Gasteiger partial charge in [0.1, 0.15) is 17.6 Å². The second kappa shape index (κ2) is 11.3. The van der Waals surface area contributed by atoms with Crippen LogP contribution in [0.5, 0.6) is 0 Å². The van der Waals surface area contributed by atoms with E-state index in [-0.39, 0.29) is 11.5 Å². The maximum absolute atomic E-state index is 12.7. The molecular weight excluding hydrogens is 458 g/mol. The molecule has 1 atom stereocenters. The molecule has 0 spiro atoms. The number of ether oxygens (including phenoxy) is 1. The van der Waals surface area contributed by atoms with Crippen LogP contribution < -0.4 is 10.7 Å². The van der Waals surface area contributed by atoms with Crippen molar-refractivity contribution in [1.29, 1.82) is 0 Å². The Balaban J connectivity index is 1.67. The van der Waals surface area contributed by atoms with Gasteiger partial charge in [-0.25, -0.2) is 10.2 Å². The fourth-order valence-electron chi connectivity index (χ4n) is 3.18. The molecule has 0 aliphatic rings. The third-order valence-electron chi connectivity index (χ3n) is 4.95. The summed E-state index contributed by atoms with van der Waals surface area (Å²) >= 11 is 6.07. The molecule has 1 unspecified atom stereocenters. The lowest BCUT2D eigenvalue weighted by Crippen LogP contribution is -2.48. The minimum atomic E-state index is -0.833. The summed E-state index contributed by atoms with van der Waals surface area (Å²) in [7, 11) is 1.31. The van der Waals surface area contributed by atoms with Gasteiger partial charge >= 0.3 is 5.97 Å². The lowest BCUT2D eigenvalue weighted by molar-refractivity contribution is -0.123. The number of halogens is 1. The Kier molecular flexibility index (Phi) is 8.21. The van der Waals surface area contributed by atoms with Gasteiger partial charge in [-0.3, -0.25) is 9.59 Å². The first-order chi connectivity index (χ1) is 16.3. The zero-order valence-corrected chi connectivity index (χ0v) is 19.6. The number of nitrogens with one attached hydrogen (secondary N) is 2. The van der Waals surface area contributed by atoms with Crippen LogP contribution >= 0.6 is 11.6 Å². The second-order valence-corrected chi connectivity index (χ2v) is 8.06. The van der Waals surface area contributed by atoms with E-state index in [9.17, 15) is 14.4 Å². The van der Waals surface area contributed by atoms with Gasteiger partial charge in [-0.05, 0) is 36.2 Å². The van der Waals surface area contributed by atoms with E-state index in [1.54, 1.807) is 74.5 Å². The van der Waals surface area contributed by atoms with Crippen molar-refractivity contribution in [1.82, 2.24) is 10.7 Å². The van der Waals surface area contributed by atoms with Gasteiger partial charge in [-0.1, -0.05) is 55.8 Å². The molecule has 1 aromatic heterocycles. The number of carbonyl (C=O) groups is 3. The summed E-state index contributed by atoms with van der Waals surface area (Å²) in [5.74, 6) is -0.824. The van der Waals surface area contributed by atoms with Gasteiger partial charge < -0.3 is 14.5 Å². The molecule has 0 bridgehead atoms. The Labute approximate surface area is 201 Å².